The van der Waals surface area contributed by atoms with Gasteiger partial charge in [0.25, 0.3) is 6.43 Å². The van der Waals surface area contributed by atoms with E-state index < -0.39 is 35.0 Å². The molecular formula is C42H51F3N8O3. The number of carbonyl (C=O) groups excluding carboxylic acids is 2. The third-order valence-electron chi connectivity index (χ3n) is 13.5. The van der Waals surface area contributed by atoms with E-state index in [0.29, 0.717) is 54.2 Å². The Morgan fingerprint density at radius 2 is 1.77 bits per heavy atom. The van der Waals surface area contributed by atoms with E-state index in [1.165, 1.54) is 25.3 Å². The molecule has 4 fully saturated rings. The number of likely N-dealkylation sites (tertiary alicyclic amines) is 1. The van der Waals surface area contributed by atoms with Crippen LogP contribution in [-0.2, 0) is 19.7 Å². The van der Waals surface area contributed by atoms with Crippen LogP contribution in [0.15, 0.2) is 47.8 Å². The normalized spacial score (nSPS) is 27.2. The van der Waals surface area contributed by atoms with Crippen LogP contribution < -0.4 is 15.5 Å². The number of ether oxygens (including phenoxy) is 1. The lowest BCUT2D eigenvalue weighted by atomic mass is 9.71. The zero-order valence-corrected chi connectivity index (χ0v) is 32.6. The number of alkyl halides is 2. The van der Waals surface area contributed by atoms with Gasteiger partial charge in [0, 0.05) is 54.6 Å². The molecule has 2 saturated heterocycles. The van der Waals surface area contributed by atoms with Crippen molar-refractivity contribution in [2.75, 3.05) is 36.5 Å². The van der Waals surface area contributed by atoms with Gasteiger partial charge in [0.1, 0.15) is 16.9 Å². The molecular weight excluding hydrogens is 722 g/mol. The van der Waals surface area contributed by atoms with E-state index in [-0.39, 0.29) is 54.1 Å². The highest BCUT2D eigenvalue weighted by atomic mass is 19.3. The van der Waals surface area contributed by atoms with Crippen molar-refractivity contribution in [2.45, 2.75) is 127 Å². The molecule has 0 bridgehead atoms. The fourth-order valence-electron chi connectivity index (χ4n) is 9.85. The number of carbonyl (C=O) groups is 2. The van der Waals surface area contributed by atoms with E-state index in [4.69, 9.17) is 19.7 Å². The molecule has 3 aromatic heterocycles. The number of fused-ring (bicyclic) bond motifs is 3. The number of nitrogens with one attached hydrogen (secondary N) is 2. The molecule has 3 aliphatic carbocycles. The maximum atomic E-state index is 15.8. The third kappa shape index (κ3) is 6.04. The van der Waals surface area contributed by atoms with E-state index in [0.717, 1.165) is 37.3 Å². The Labute approximate surface area is 325 Å². The minimum atomic E-state index is -2.68. The summed E-state index contributed by atoms with van der Waals surface area (Å²) in [5, 5.41) is 5.72. The van der Waals surface area contributed by atoms with Crippen molar-refractivity contribution in [1.82, 2.24) is 29.7 Å². The Morgan fingerprint density at radius 1 is 1.04 bits per heavy atom. The predicted molar refractivity (Wildman–Crippen MR) is 207 cm³/mol. The van der Waals surface area contributed by atoms with Crippen molar-refractivity contribution in [3.05, 3.63) is 53.5 Å². The Balaban J connectivity index is 1.08. The molecule has 0 radical (unpaired) electrons. The monoisotopic (exact) mass is 772 g/mol. The number of anilines is 2. The summed E-state index contributed by atoms with van der Waals surface area (Å²) in [5.41, 5.74) is 2.20. The summed E-state index contributed by atoms with van der Waals surface area (Å²) in [6.45, 7) is 11.3. The number of halogens is 3. The first-order chi connectivity index (χ1) is 26.8. The maximum absolute atomic E-state index is 15.8. The van der Waals surface area contributed by atoms with Gasteiger partial charge in [0.15, 0.2) is 5.82 Å². The second-order valence-electron chi connectivity index (χ2n) is 17.6. The topological polar surface area (TPSA) is 118 Å². The molecule has 9 rings (SSSR count). The lowest BCUT2D eigenvalue weighted by molar-refractivity contribution is -0.128. The van der Waals surface area contributed by atoms with Gasteiger partial charge in [0.05, 0.1) is 40.0 Å². The minimum absolute atomic E-state index is 0.00523. The second kappa shape index (κ2) is 13.7. The smallest absolute Gasteiger partial charge is 0.261 e. The second-order valence-corrected chi connectivity index (χ2v) is 17.6. The van der Waals surface area contributed by atoms with E-state index in [2.05, 4.69) is 22.5 Å². The fraction of sp³-hybridized carbons (Fsp3) is 0.595. The molecule has 6 aliphatic rings. The minimum Gasteiger partial charge on any atom is -0.381 e. The van der Waals surface area contributed by atoms with Crippen LogP contribution in [0.2, 0.25) is 0 Å². The number of amides is 2. The number of hydrogen-bond acceptors (Lipinski definition) is 8. The lowest BCUT2D eigenvalue weighted by Crippen LogP contribution is -2.64. The molecule has 3 aromatic rings. The van der Waals surface area contributed by atoms with Crippen LogP contribution in [0.5, 0.6) is 0 Å². The predicted octanol–water partition coefficient (Wildman–Crippen LogP) is 7.35. The van der Waals surface area contributed by atoms with Crippen molar-refractivity contribution in [3.63, 3.8) is 0 Å². The first kappa shape index (κ1) is 37.3. The highest BCUT2D eigenvalue weighted by Gasteiger charge is 2.58. The average molecular weight is 773 g/mol. The van der Waals surface area contributed by atoms with Crippen molar-refractivity contribution < 1.29 is 27.5 Å². The molecule has 298 valence electrons. The van der Waals surface area contributed by atoms with Crippen LogP contribution in [0.4, 0.5) is 24.7 Å². The SMILES string of the molecule is CC1CC(F)=C(Nc2nc(-c3cnc4c(c3)N(C3CC(C)(N5CCCCC5)C3)C(=O)C43CCOCC3)cc3ncn(C(C)C)c23)C=C1C(=O)NC1(C(F)F)CC1. The van der Waals surface area contributed by atoms with Crippen LogP contribution in [-0.4, -0.2) is 86.1 Å². The van der Waals surface area contributed by atoms with Gasteiger partial charge in [-0.05, 0) is 109 Å². The van der Waals surface area contributed by atoms with Crippen molar-refractivity contribution in [3.8, 4) is 11.3 Å². The summed E-state index contributed by atoms with van der Waals surface area (Å²) in [4.78, 5) is 47.4. The standard InChI is InChI=1S/C42H51F3N8O3/c1-24(2)52-23-47-32-19-30(48-36(34(32)52)49-31-18-28(25(3)16-29(31)43)37(54)50-42(8-9-42)38(44)45)26-17-33-35(46-22-26)41(10-14-56-15-11-41)39(55)53(33)27-20-40(4,21-27)51-12-6-5-7-13-51/h17-19,22-25,27,38H,5-16,20-21H2,1-4H3,(H,48,49)(H,50,54). The summed E-state index contributed by atoms with van der Waals surface area (Å²) < 4.78 is 51.0. The number of hydrogen-bond donors (Lipinski definition) is 2. The molecule has 2 saturated carbocycles. The highest BCUT2D eigenvalue weighted by molar-refractivity contribution is 6.09. The quantitative estimate of drug-likeness (QED) is 0.232. The number of pyridine rings is 2. The summed E-state index contributed by atoms with van der Waals surface area (Å²) >= 11 is 0. The Morgan fingerprint density at radius 3 is 2.45 bits per heavy atom. The number of piperidine rings is 1. The van der Waals surface area contributed by atoms with Crippen LogP contribution in [0.1, 0.15) is 104 Å². The van der Waals surface area contributed by atoms with Crippen LogP contribution in [0.25, 0.3) is 22.3 Å². The maximum Gasteiger partial charge on any atom is 0.261 e. The molecule has 1 atom stereocenters. The van der Waals surface area contributed by atoms with Gasteiger partial charge in [-0.3, -0.25) is 19.5 Å². The number of nitrogens with zero attached hydrogens (tertiary/aromatic N) is 6. The summed E-state index contributed by atoms with van der Waals surface area (Å²) in [6, 6.07) is 3.96. The summed E-state index contributed by atoms with van der Waals surface area (Å²) in [7, 11) is 0. The molecule has 56 heavy (non-hydrogen) atoms. The Hall–Kier alpha value is -4.30. The van der Waals surface area contributed by atoms with Crippen LogP contribution >= 0.6 is 0 Å². The molecule has 1 spiro atoms. The molecule has 11 nitrogen and oxygen atoms in total. The van der Waals surface area contributed by atoms with E-state index in [9.17, 15) is 18.4 Å². The summed E-state index contributed by atoms with van der Waals surface area (Å²) in [5.74, 6) is -1.16. The van der Waals surface area contributed by atoms with Gasteiger partial charge < -0.3 is 24.8 Å². The zero-order chi connectivity index (χ0) is 39.1. The van der Waals surface area contributed by atoms with Gasteiger partial charge in [-0.2, -0.15) is 0 Å². The zero-order valence-electron chi connectivity index (χ0n) is 32.6. The first-order valence-corrected chi connectivity index (χ1v) is 20.4. The van der Waals surface area contributed by atoms with E-state index >= 15 is 4.39 Å². The highest BCUT2D eigenvalue weighted by Crippen LogP contribution is 2.53. The lowest BCUT2D eigenvalue weighted by Gasteiger charge is -2.56. The Kier molecular flexibility index (Phi) is 9.10. The number of allylic oxidation sites excluding steroid dienone is 2. The molecule has 2 amide bonds. The van der Waals surface area contributed by atoms with Gasteiger partial charge in [0.2, 0.25) is 11.8 Å². The van der Waals surface area contributed by atoms with Gasteiger partial charge >= 0.3 is 0 Å². The summed E-state index contributed by atoms with van der Waals surface area (Å²) in [6.07, 6.45) is 9.23. The molecule has 3 aliphatic heterocycles. The molecule has 2 N–H and O–H groups in total. The molecule has 1 unspecified atom stereocenters. The largest absolute Gasteiger partial charge is 0.381 e. The van der Waals surface area contributed by atoms with Crippen LogP contribution in [0, 0.1) is 5.92 Å². The number of imidazole rings is 1. The van der Waals surface area contributed by atoms with E-state index in [1.807, 2.05) is 35.4 Å². The van der Waals surface area contributed by atoms with Gasteiger partial charge in [-0.1, -0.05) is 13.3 Å². The van der Waals surface area contributed by atoms with Gasteiger partial charge in [-0.15, -0.1) is 0 Å². The Bertz CT molecular complexity index is 2140. The molecule has 6 heterocycles. The van der Waals surface area contributed by atoms with Crippen molar-refractivity contribution >= 4 is 34.4 Å². The molecule has 0 aromatic carbocycles. The van der Waals surface area contributed by atoms with Crippen molar-refractivity contribution in [1.29, 1.82) is 0 Å². The number of aromatic nitrogens is 4. The van der Waals surface area contributed by atoms with Crippen LogP contribution in [0.3, 0.4) is 0 Å². The van der Waals surface area contributed by atoms with Gasteiger partial charge in [-0.25, -0.2) is 23.1 Å². The van der Waals surface area contributed by atoms with Crippen molar-refractivity contribution in [2.24, 2.45) is 5.92 Å². The fourth-order valence-corrected chi connectivity index (χ4v) is 9.85. The average Bonchev–Trinajstić information content (AvgIpc) is 3.77. The molecule has 14 heteroatoms. The number of rotatable bonds is 9. The first-order valence-electron chi connectivity index (χ1n) is 20.4. The van der Waals surface area contributed by atoms with E-state index in [1.54, 1.807) is 19.4 Å². The third-order valence-corrected chi connectivity index (χ3v) is 13.5.